The summed E-state index contributed by atoms with van der Waals surface area (Å²) in [5, 5.41) is 12.3. The summed E-state index contributed by atoms with van der Waals surface area (Å²) in [6.45, 7) is 4.34. The molecule has 0 atom stereocenters. The maximum atomic E-state index is 11.5. The molecule has 0 aliphatic heterocycles. The van der Waals surface area contributed by atoms with Crippen LogP contribution in [-0.2, 0) is 11.3 Å². The fourth-order valence-electron chi connectivity index (χ4n) is 1.37. The van der Waals surface area contributed by atoms with Crippen LogP contribution in [0.15, 0.2) is 24.3 Å². The quantitative estimate of drug-likeness (QED) is 0.759. The van der Waals surface area contributed by atoms with Crippen molar-refractivity contribution in [2.24, 2.45) is 0 Å². The van der Waals surface area contributed by atoms with Crippen molar-refractivity contribution in [3.05, 3.63) is 35.4 Å². The highest BCUT2D eigenvalue weighted by atomic mass is 16.5. The van der Waals surface area contributed by atoms with Crippen molar-refractivity contribution in [1.82, 2.24) is 5.32 Å². The lowest BCUT2D eigenvalue weighted by Gasteiger charge is -2.24. The zero-order valence-corrected chi connectivity index (χ0v) is 10.5. The highest BCUT2D eigenvalue weighted by molar-refractivity contribution is 5.90. The first-order valence-corrected chi connectivity index (χ1v) is 5.52. The molecule has 0 unspecified atom stereocenters. The molecule has 0 aliphatic carbocycles. The van der Waals surface area contributed by atoms with E-state index in [4.69, 9.17) is 9.84 Å². The summed E-state index contributed by atoms with van der Waals surface area (Å²) < 4.78 is 4.72. The van der Waals surface area contributed by atoms with Crippen molar-refractivity contribution in [3.63, 3.8) is 0 Å². The first-order valence-electron chi connectivity index (χ1n) is 5.52. The van der Waals surface area contributed by atoms with Gasteiger partial charge in [0.1, 0.15) is 0 Å². The number of rotatable bonds is 5. The van der Waals surface area contributed by atoms with Gasteiger partial charge in [-0.25, -0.2) is 4.79 Å². The molecule has 17 heavy (non-hydrogen) atoms. The van der Waals surface area contributed by atoms with Crippen LogP contribution in [0.2, 0.25) is 0 Å². The standard InChI is InChI=1S/C13H19NO3/c1-13(2,9-15)14-8-10-6-4-5-7-11(10)12(16)17-3/h4-7,14-15H,8-9H2,1-3H3. The summed E-state index contributed by atoms with van der Waals surface area (Å²) in [7, 11) is 1.37. The summed E-state index contributed by atoms with van der Waals surface area (Å²) in [5.41, 5.74) is 1.04. The fourth-order valence-corrected chi connectivity index (χ4v) is 1.37. The number of hydrogen-bond acceptors (Lipinski definition) is 4. The summed E-state index contributed by atoms with van der Waals surface area (Å²) in [6.07, 6.45) is 0. The third-order valence-corrected chi connectivity index (χ3v) is 2.58. The van der Waals surface area contributed by atoms with Gasteiger partial charge in [0.25, 0.3) is 0 Å². The topological polar surface area (TPSA) is 58.6 Å². The molecule has 0 heterocycles. The van der Waals surface area contributed by atoms with E-state index in [2.05, 4.69) is 5.32 Å². The van der Waals surface area contributed by atoms with E-state index in [1.165, 1.54) is 7.11 Å². The average Bonchev–Trinajstić information content (AvgIpc) is 2.36. The van der Waals surface area contributed by atoms with Crippen LogP contribution in [-0.4, -0.2) is 30.3 Å². The van der Waals surface area contributed by atoms with Crippen molar-refractivity contribution in [1.29, 1.82) is 0 Å². The van der Waals surface area contributed by atoms with Gasteiger partial charge in [0.05, 0.1) is 19.3 Å². The third kappa shape index (κ3) is 3.84. The zero-order valence-electron chi connectivity index (χ0n) is 10.5. The lowest BCUT2D eigenvalue weighted by Crippen LogP contribution is -2.42. The van der Waals surface area contributed by atoms with Crippen molar-refractivity contribution in [2.75, 3.05) is 13.7 Å². The molecule has 0 fully saturated rings. The summed E-state index contributed by atoms with van der Waals surface area (Å²) >= 11 is 0. The molecule has 0 bridgehead atoms. The number of carbonyl (C=O) groups is 1. The first kappa shape index (κ1) is 13.7. The van der Waals surface area contributed by atoms with Gasteiger partial charge in [-0.2, -0.15) is 0 Å². The van der Waals surface area contributed by atoms with Gasteiger partial charge in [-0.3, -0.25) is 0 Å². The number of ether oxygens (including phenoxy) is 1. The highest BCUT2D eigenvalue weighted by Gasteiger charge is 2.17. The Morgan fingerprint density at radius 2 is 2.06 bits per heavy atom. The molecule has 0 aromatic heterocycles. The smallest absolute Gasteiger partial charge is 0.338 e. The predicted octanol–water partition coefficient (Wildman–Crippen LogP) is 1.33. The Bertz CT molecular complexity index is 388. The Labute approximate surface area is 102 Å². The second-order valence-electron chi connectivity index (χ2n) is 4.54. The van der Waals surface area contributed by atoms with Crippen LogP contribution in [0.4, 0.5) is 0 Å². The molecule has 1 aromatic rings. The van der Waals surface area contributed by atoms with Gasteiger partial charge in [0.15, 0.2) is 0 Å². The van der Waals surface area contributed by atoms with Crippen LogP contribution in [0.1, 0.15) is 29.8 Å². The number of aliphatic hydroxyl groups excluding tert-OH is 1. The molecule has 0 spiro atoms. The highest BCUT2D eigenvalue weighted by Crippen LogP contribution is 2.11. The van der Waals surface area contributed by atoms with Crippen LogP contribution in [0.5, 0.6) is 0 Å². The second-order valence-corrected chi connectivity index (χ2v) is 4.54. The van der Waals surface area contributed by atoms with Crippen molar-refractivity contribution in [2.45, 2.75) is 25.9 Å². The maximum Gasteiger partial charge on any atom is 0.338 e. The van der Waals surface area contributed by atoms with E-state index < -0.39 is 0 Å². The number of benzene rings is 1. The number of hydrogen-bond donors (Lipinski definition) is 2. The van der Waals surface area contributed by atoms with Gasteiger partial charge in [-0.05, 0) is 25.5 Å². The van der Waals surface area contributed by atoms with Gasteiger partial charge >= 0.3 is 5.97 Å². The van der Waals surface area contributed by atoms with Gasteiger partial charge in [0, 0.05) is 12.1 Å². The minimum absolute atomic E-state index is 0.0351. The van der Waals surface area contributed by atoms with E-state index >= 15 is 0 Å². The van der Waals surface area contributed by atoms with E-state index in [0.717, 1.165) is 5.56 Å². The predicted molar refractivity (Wildman–Crippen MR) is 65.8 cm³/mol. The van der Waals surface area contributed by atoms with Crippen LogP contribution in [0.25, 0.3) is 0 Å². The SMILES string of the molecule is COC(=O)c1ccccc1CNC(C)(C)CO. The Hall–Kier alpha value is -1.39. The van der Waals surface area contributed by atoms with Crippen LogP contribution < -0.4 is 5.32 Å². The molecular weight excluding hydrogens is 218 g/mol. The number of aliphatic hydroxyl groups is 1. The number of carbonyl (C=O) groups excluding carboxylic acids is 1. The van der Waals surface area contributed by atoms with E-state index in [9.17, 15) is 4.79 Å². The molecule has 94 valence electrons. The van der Waals surface area contributed by atoms with Gasteiger partial charge in [0.2, 0.25) is 0 Å². The molecule has 0 saturated heterocycles. The Kier molecular flexibility index (Phi) is 4.66. The van der Waals surface area contributed by atoms with Gasteiger partial charge < -0.3 is 15.2 Å². The van der Waals surface area contributed by atoms with E-state index in [-0.39, 0.29) is 18.1 Å². The number of esters is 1. The van der Waals surface area contributed by atoms with E-state index in [1.807, 2.05) is 26.0 Å². The normalized spacial score (nSPS) is 11.3. The van der Waals surface area contributed by atoms with Crippen molar-refractivity contribution < 1.29 is 14.6 Å². The molecule has 2 N–H and O–H groups in total. The summed E-state index contributed by atoms with van der Waals surface area (Å²) in [6, 6.07) is 7.27. The summed E-state index contributed by atoms with van der Waals surface area (Å²) in [5.74, 6) is -0.343. The second kappa shape index (κ2) is 5.80. The molecule has 0 radical (unpaired) electrons. The Balaban J connectivity index is 2.81. The van der Waals surface area contributed by atoms with Crippen molar-refractivity contribution in [3.8, 4) is 0 Å². The Morgan fingerprint density at radius 3 is 2.65 bits per heavy atom. The van der Waals surface area contributed by atoms with Crippen LogP contribution in [0, 0.1) is 0 Å². The fraction of sp³-hybridized carbons (Fsp3) is 0.462. The molecule has 4 heteroatoms. The maximum absolute atomic E-state index is 11.5. The minimum atomic E-state index is -0.372. The average molecular weight is 237 g/mol. The number of methoxy groups -OCH3 is 1. The van der Waals surface area contributed by atoms with E-state index in [1.54, 1.807) is 12.1 Å². The van der Waals surface area contributed by atoms with Crippen LogP contribution >= 0.6 is 0 Å². The van der Waals surface area contributed by atoms with Gasteiger partial charge in [-0.1, -0.05) is 18.2 Å². The molecular formula is C13H19NO3. The molecule has 1 aromatic carbocycles. The Morgan fingerprint density at radius 1 is 1.41 bits per heavy atom. The lowest BCUT2D eigenvalue weighted by atomic mass is 10.0. The largest absolute Gasteiger partial charge is 0.465 e. The zero-order chi connectivity index (χ0) is 12.9. The van der Waals surface area contributed by atoms with Gasteiger partial charge in [-0.15, -0.1) is 0 Å². The third-order valence-electron chi connectivity index (χ3n) is 2.58. The lowest BCUT2D eigenvalue weighted by molar-refractivity contribution is 0.0599. The molecule has 0 amide bonds. The molecule has 4 nitrogen and oxygen atoms in total. The minimum Gasteiger partial charge on any atom is -0.465 e. The molecule has 0 saturated carbocycles. The van der Waals surface area contributed by atoms with Crippen molar-refractivity contribution >= 4 is 5.97 Å². The summed E-state index contributed by atoms with van der Waals surface area (Å²) in [4.78, 5) is 11.5. The molecule has 0 aliphatic rings. The first-order chi connectivity index (χ1) is 8.00. The molecule has 1 rings (SSSR count). The van der Waals surface area contributed by atoms with E-state index in [0.29, 0.717) is 12.1 Å². The number of nitrogens with one attached hydrogen (secondary N) is 1. The monoisotopic (exact) mass is 237 g/mol. The van der Waals surface area contributed by atoms with Crippen LogP contribution in [0.3, 0.4) is 0 Å².